The summed E-state index contributed by atoms with van der Waals surface area (Å²) in [6, 6.07) is 6.02. The van der Waals surface area contributed by atoms with E-state index in [-0.39, 0.29) is 5.75 Å². The lowest BCUT2D eigenvalue weighted by atomic mass is 9.93. The van der Waals surface area contributed by atoms with Gasteiger partial charge in [-0.2, -0.15) is 0 Å². The van der Waals surface area contributed by atoms with Crippen LogP contribution in [0.15, 0.2) is 18.2 Å². The third-order valence-electron chi connectivity index (χ3n) is 4.29. The Kier molecular flexibility index (Phi) is 5.53. The molecule has 106 valence electrons. The number of rotatable bonds is 4. The number of halogens is 1. The number of nitrogens with one attached hydrogen (secondary N) is 1. The molecule has 0 unspecified atom stereocenters. The first kappa shape index (κ1) is 14.7. The molecule has 0 aliphatic heterocycles. The van der Waals surface area contributed by atoms with Crippen LogP contribution in [0, 0.1) is 5.92 Å². The SMILES string of the molecule is C[C@@H](NCc1cccc(Cl)c1O)C1CCCCCC1. The van der Waals surface area contributed by atoms with Crippen molar-refractivity contribution in [3.05, 3.63) is 28.8 Å². The fraction of sp³-hybridized carbons (Fsp3) is 0.625. The molecule has 1 aliphatic carbocycles. The van der Waals surface area contributed by atoms with Crippen LogP contribution < -0.4 is 5.32 Å². The summed E-state index contributed by atoms with van der Waals surface area (Å²) in [4.78, 5) is 0. The van der Waals surface area contributed by atoms with E-state index in [1.54, 1.807) is 6.07 Å². The molecule has 0 radical (unpaired) electrons. The standard InChI is InChI=1S/C16H24ClNO/c1-12(13-7-4-2-3-5-8-13)18-11-14-9-6-10-15(17)16(14)19/h6,9-10,12-13,18-19H,2-5,7-8,11H2,1H3/t12-/m1/s1. The molecule has 0 bridgehead atoms. The highest BCUT2D eigenvalue weighted by Crippen LogP contribution is 2.28. The van der Waals surface area contributed by atoms with Gasteiger partial charge in [0.25, 0.3) is 0 Å². The van der Waals surface area contributed by atoms with Gasteiger partial charge in [0.1, 0.15) is 5.75 Å². The van der Waals surface area contributed by atoms with E-state index in [1.165, 1.54) is 38.5 Å². The molecule has 3 heteroatoms. The first-order chi connectivity index (χ1) is 9.18. The fourth-order valence-electron chi connectivity index (χ4n) is 2.95. The van der Waals surface area contributed by atoms with Gasteiger partial charge in [-0.3, -0.25) is 0 Å². The molecule has 1 aliphatic rings. The second kappa shape index (κ2) is 7.16. The first-order valence-corrected chi connectivity index (χ1v) is 7.76. The largest absolute Gasteiger partial charge is 0.506 e. The number of para-hydroxylation sites is 1. The molecular weight excluding hydrogens is 258 g/mol. The average molecular weight is 282 g/mol. The Morgan fingerprint density at radius 1 is 1.26 bits per heavy atom. The number of hydrogen-bond acceptors (Lipinski definition) is 2. The highest BCUT2D eigenvalue weighted by atomic mass is 35.5. The molecule has 2 nitrogen and oxygen atoms in total. The lowest BCUT2D eigenvalue weighted by Gasteiger charge is -2.24. The summed E-state index contributed by atoms with van der Waals surface area (Å²) in [5.74, 6) is 0.980. The predicted octanol–water partition coefficient (Wildman–Crippen LogP) is 4.49. The molecule has 19 heavy (non-hydrogen) atoms. The molecule has 0 heterocycles. The molecule has 0 saturated heterocycles. The van der Waals surface area contributed by atoms with Gasteiger partial charge < -0.3 is 10.4 Å². The monoisotopic (exact) mass is 281 g/mol. The summed E-state index contributed by atoms with van der Waals surface area (Å²) >= 11 is 5.92. The maximum absolute atomic E-state index is 9.89. The normalized spacial score (nSPS) is 19.1. The van der Waals surface area contributed by atoms with Crippen molar-refractivity contribution in [3.63, 3.8) is 0 Å². The first-order valence-electron chi connectivity index (χ1n) is 7.38. The maximum Gasteiger partial charge on any atom is 0.138 e. The van der Waals surface area contributed by atoms with Crippen LogP contribution in [0.25, 0.3) is 0 Å². The molecule has 1 atom stereocenters. The zero-order chi connectivity index (χ0) is 13.7. The zero-order valence-corrected chi connectivity index (χ0v) is 12.4. The highest BCUT2D eigenvalue weighted by molar-refractivity contribution is 6.32. The summed E-state index contributed by atoms with van der Waals surface area (Å²) in [7, 11) is 0. The Balaban J connectivity index is 1.88. The Bertz CT molecular complexity index is 400. The Morgan fingerprint density at radius 2 is 1.95 bits per heavy atom. The molecule has 1 aromatic rings. The summed E-state index contributed by atoms with van der Waals surface area (Å²) < 4.78 is 0. The molecule has 1 aromatic carbocycles. The fourth-order valence-corrected chi connectivity index (χ4v) is 3.15. The summed E-state index contributed by atoms with van der Waals surface area (Å²) in [5.41, 5.74) is 0.882. The van der Waals surface area contributed by atoms with Crippen molar-refractivity contribution in [3.8, 4) is 5.75 Å². The van der Waals surface area contributed by atoms with Gasteiger partial charge >= 0.3 is 0 Å². The molecule has 1 saturated carbocycles. The minimum absolute atomic E-state index is 0.213. The van der Waals surface area contributed by atoms with Crippen molar-refractivity contribution >= 4 is 11.6 Å². The van der Waals surface area contributed by atoms with E-state index in [9.17, 15) is 5.11 Å². The molecular formula is C16H24ClNO. The Hall–Kier alpha value is -0.730. The molecule has 2 rings (SSSR count). The predicted molar refractivity (Wildman–Crippen MR) is 80.6 cm³/mol. The number of hydrogen-bond donors (Lipinski definition) is 2. The van der Waals surface area contributed by atoms with Crippen LogP contribution in [-0.4, -0.2) is 11.1 Å². The summed E-state index contributed by atoms with van der Waals surface area (Å²) in [5, 5.41) is 13.9. The van der Waals surface area contributed by atoms with Crippen molar-refractivity contribution in [2.45, 2.75) is 58.0 Å². The Labute approximate surface area is 121 Å². The minimum Gasteiger partial charge on any atom is -0.506 e. The number of phenolic OH excluding ortho intramolecular Hbond substituents is 1. The van der Waals surface area contributed by atoms with Crippen molar-refractivity contribution in [1.82, 2.24) is 5.32 Å². The van der Waals surface area contributed by atoms with E-state index in [2.05, 4.69) is 12.2 Å². The molecule has 1 fully saturated rings. The molecule has 0 aromatic heterocycles. The van der Waals surface area contributed by atoms with Crippen LogP contribution in [0.3, 0.4) is 0 Å². The van der Waals surface area contributed by atoms with E-state index in [1.807, 2.05) is 12.1 Å². The summed E-state index contributed by atoms with van der Waals surface area (Å²) in [6.07, 6.45) is 8.15. The minimum atomic E-state index is 0.213. The Morgan fingerprint density at radius 3 is 2.63 bits per heavy atom. The van der Waals surface area contributed by atoms with Gasteiger partial charge in [0, 0.05) is 18.2 Å². The third kappa shape index (κ3) is 4.12. The van der Waals surface area contributed by atoms with Crippen LogP contribution in [0.1, 0.15) is 51.0 Å². The van der Waals surface area contributed by atoms with Gasteiger partial charge in [-0.25, -0.2) is 0 Å². The lowest BCUT2D eigenvalue weighted by Crippen LogP contribution is -2.32. The average Bonchev–Trinajstić information content (AvgIpc) is 2.69. The van der Waals surface area contributed by atoms with Crippen LogP contribution in [-0.2, 0) is 6.54 Å². The van der Waals surface area contributed by atoms with E-state index in [4.69, 9.17) is 11.6 Å². The molecule has 2 N–H and O–H groups in total. The van der Waals surface area contributed by atoms with Gasteiger partial charge in [0.15, 0.2) is 0 Å². The van der Waals surface area contributed by atoms with Gasteiger partial charge in [-0.15, -0.1) is 0 Å². The second-order valence-corrected chi connectivity index (χ2v) is 6.08. The van der Waals surface area contributed by atoms with Crippen LogP contribution in [0.5, 0.6) is 5.75 Å². The van der Waals surface area contributed by atoms with Crippen molar-refractivity contribution in [1.29, 1.82) is 0 Å². The number of phenols is 1. The van der Waals surface area contributed by atoms with E-state index >= 15 is 0 Å². The van der Waals surface area contributed by atoms with Crippen LogP contribution in [0.2, 0.25) is 5.02 Å². The van der Waals surface area contributed by atoms with E-state index < -0.39 is 0 Å². The van der Waals surface area contributed by atoms with Crippen LogP contribution in [0.4, 0.5) is 0 Å². The van der Waals surface area contributed by atoms with Crippen molar-refractivity contribution in [2.75, 3.05) is 0 Å². The van der Waals surface area contributed by atoms with Crippen molar-refractivity contribution in [2.24, 2.45) is 5.92 Å². The van der Waals surface area contributed by atoms with Gasteiger partial charge in [-0.05, 0) is 31.7 Å². The smallest absolute Gasteiger partial charge is 0.138 e. The van der Waals surface area contributed by atoms with Crippen LogP contribution >= 0.6 is 11.6 Å². The van der Waals surface area contributed by atoms with E-state index in [0.717, 1.165) is 11.5 Å². The second-order valence-electron chi connectivity index (χ2n) is 5.67. The van der Waals surface area contributed by atoms with Crippen molar-refractivity contribution < 1.29 is 5.11 Å². The van der Waals surface area contributed by atoms with Gasteiger partial charge in [-0.1, -0.05) is 49.4 Å². The van der Waals surface area contributed by atoms with Gasteiger partial charge in [0.05, 0.1) is 5.02 Å². The lowest BCUT2D eigenvalue weighted by molar-refractivity contribution is 0.334. The van der Waals surface area contributed by atoms with Gasteiger partial charge in [0.2, 0.25) is 0 Å². The number of aromatic hydroxyl groups is 1. The zero-order valence-electron chi connectivity index (χ0n) is 11.7. The molecule has 0 spiro atoms. The summed E-state index contributed by atoms with van der Waals surface area (Å²) in [6.45, 7) is 2.95. The highest BCUT2D eigenvalue weighted by Gasteiger charge is 2.18. The topological polar surface area (TPSA) is 32.3 Å². The maximum atomic E-state index is 9.89. The quantitative estimate of drug-likeness (QED) is 0.797. The van der Waals surface area contributed by atoms with E-state index in [0.29, 0.717) is 17.6 Å². The number of benzene rings is 1. The third-order valence-corrected chi connectivity index (χ3v) is 4.60. The molecule has 0 amide bonds.